The van der Waals surface area contributed by atoms with Crippen LogP contribution in [0.3, 0.4) is 0 Å². The third-order valence-electron chi connectivity index (χ3n) is 6.00. The Balaban J connectivity index is 3.40. The van der Waals surface area contributed by atoms with E-state index in [-0.39, 0.29) is 0 Å². The Hall–Kier alpha value is -0.0800. The van der Waals surface area contributed by atoms with Gasteiger partial charge in [0.25, 0.3) is 0 Å². The van der Waals surface area contributed by atoms with Crippen molar-refractivity contribution in [3.8, 4) is 0 Å². The number of hydrogen-bond acceptors (Lipinski definition) is 2. The third-order valence-corrected chi connectivity index (χ3v) is 6.00. The second-order valence-corrected chi connectivity index (χ2v) is 8.37. The summed E-state index contributed by atoms with van der Waals surface area (Å²) in [7, 11) is 2.31. The van der Waals surface area contributed by atoms with Gasteiger partial charge < -0.3 is 10.6 Å². The van der Waals surface area contributed by atoms with Crippen molar-refractivity contribution in [3.05, 3.63) is 0 Å². The summed E-state index contributed by atoms with van der Waals surface area (Å²) in [6.07, 6.45) is 21.0. The first-order valence-corrected chi connectivity index (χ1v) is 11.5. The van der Waals surface area contributed by atoms with Crippen LogP contribution in [0, 0.1) is 5.92 Å². The van der Waals surface area contributed by atoms with E-state index < -0.39 is 0 Å². The molecule has 0 aliphatic heterocycles. The van der Waals surface area contributed by atoms with E-state index >= 15 is 0 Å². The predicted octanol–water partition coefficient (Wildman–Crippen LogP) is 6.77. The van der Waals surface area contributed by atoms with Crippen LogP contribution in [0.25, 0.3) is 0 Å². The molecule has 2 heteroatoms. The predicted molar refractivity (Wildman–Crippen MR) is 115 cm³/mol. The van der Waals surface area contributed by atoms with Gasteiger partial charge in [-0.25, -0.2) is 0 Å². The fourth-order valence-electron chi connectivity index (χ4n) is 3.69. The molecule has 2 N–H and O–H groups in total. The third kappa shape index (κ3) is 15.9. The van der Waals surface area contributed by atoms with Gasteiger partial charge in [0.1, 0.15) is 0 Å². The molecule has 0 fully saturated rings. The molecule has 0 heterocycles. The minimum Gasteiger partial charge on any atom is -0.330 e. The summed E-state index contributed by atoms with van der Waals surface area (Å²) in [5.41, 5.74) is 5.60. The number of unbranched alkanes of at least 4 members (excludes halogenated alkanes) is 12. The second-order valence-electron chi connectivity index (χ2n) is 8.37. The zero-order valence-electron chi connectivity index (χ0n) is 18.2. The van der Waals surface area contributed by atoms with E-state index in [0.717, 1.165) is 12.5 Å². The molecule has 0 spiro atoms. The molecule has 0 aromatic rings. The van der Waals surface area contributed by atoms with Crippen LogP contribution in [0.1, 0.15) is 117 Å². The lowest BCUT2D eigenvalue weighted by Gasteiger charge is -2.30. The molecule has 0 aromatic carbocycles. The molecular formula is C23H50N2. The summed E-state index contributed by atoms with van der Waals surface area (Å²) in [5.74, 6) is 0.786. The summed E-state index contributed by atoms with van der Waals surface area (Å²) in [6.45, 7) is 9.20. The minimum atomic E-state index is 0.700. The van der Waals surface area contributed by atoms with Crippen molar-refractivity contribution in [3.63, 3.8) is 0 Å². The average molecular weight is 355 g/mol. The Morgan fingerprint density at radius 1 is 0.680 bits per heavy atom. The number of hydrogen-bond donors (Lipinski definition) is 1. The van der Waals surface area contributed by atoms with Gasteiger partial charge in [-0.2, -0.15) is 0 Å². The second kappa shape index (κ2) is 18.7. The molecule has 25 heavy (non-hydrogen) atoms. The highest BCUT2D eigenvalue weighted by Gasteiger charge is 2.15. The Bertz CT molecular complexity index is 254. The molecule has 0 aliphatic rings. The van der Waals surface area contributed by atoms with Gasteiger partial charge in [-0.1, -0.05) is 90.9 Å². The number of nitrogens with two attached hydrogens (primary N) is 1. The first-order chi connectivity index (χ1) is 12.1. The summed E-state index contributed by atoms with van der Waals surface area (Å²) >= 11 is 0. The molecule has 2 unspecified atom stereocenters. The average Bonchev–Trinajstić information content (AvgIpc) is 2.61. The Morgan fingerprint density at radius 3 is 1.64 bits per heavy atom. The highest BCUT2D eigenvalue weighted by molar-refractivity contribution is 4.70. The van der Waals surface area contributed by atoms with Crippen molar-refractivity contribution in [2.45, 2.75) is 123 Å². The Labute approximate surface area is 160 Å². The molecule has 0 rings (SSSR count). The van der Waals surface area contributed by atoms with Crippen LogP contribution >= 0.6 is 0 Å². The van der Waals surface area contributed by atoms with E-state index in [4.69, 9.17) is 5.73 Å². The maximum Gasteiger partial charge on any atom is 0.00895 e. The van der Waals surface area contributed by atoms with Crippen molar-refractivity contribution in [2.75, 3.05) is 20.1 Å². The van der Waals surface area contributed by atoms with Gasteiger partial charge in [0.05, 0.1) is 0 Å². The molecule has 0 saturated heterocycles. The van der Waals surface area contributed by atoms with Gasteiger partial charge in [-0.15, -0.1) is 0 Å². The van der Waals surface area contributed by atoms with E-state index in [0.29, 0.717) is 6.04 Å². The standard InChI is InChI=1S/C23H50N2/c1-5-6-7-8-9-10-11-12-13-14-15-18-21-25(4)23(3)22(2)19-16-17-20-24/h22-23H,5-21,24H2,1-4H3. The lowest BCUT2D eigenvalue weighted by atomic mass is 9.95. The van der Waals surface area contributed by atoms with Gasteiger partial charge in [-0.3, -0.25) is 0 Å². The molecule has 2 nitrogen and oxygen atoms in total. The van der Waals surface area contributed by atoms with Crippen LogP contribution < -0.4 is 5.73 Å². The zero-order valence-corrected chi connectivity index (χ0v) is 18.2. The molecule has 0 bridgehead atoms. The largest absolute Gasteiger partial charge is 0.330 e. The molecule has 0 aromatic heterocycles. The SMILES string of the molecule is CCCCCCCCCCCCCCN(C)C(C)C(C)CCCCN. The fourth-order valence-corrected chi connectivity index (χ4v) is 3.69. The maximum atomic E-state index is 5.60. The lowest BCUT2D eigenvalue weighted by molar-refractivity contribution is 0.187. The summed E-state index contributed by atoms with van der Waals surface area (Å²) in [5, 5.41) is 0. The van der Waals surface area contributed by atoms with Crippen LogP contribution in [0.15, 0.2) is 0 Å². The fraction of sp³-hybridized carbons (Fsp3) is 1.00. The van der Waals surface area contributed by atoms with E-state index in [9.17, 15) is 0 Å². The van der Waals surface area contributed by atoms with Crippen molar-refractivity contribution >= 4 is 0 Å². The van der Waals surface area contributed by atoms with Crippen molar-refractivity contribution in [2.24, 2.45) is 11.7 Å². The van der Waals surface area contributed by atoms with E-state index in [1.807, 2.05) is 0 Å². The van der Waals surface area contributed by atoms with Crippen LogP contribution in [-0.2, 0) is 0 Å². The monoisotopic (exact) mass is 354 g/mol. The zero-order chi connectivity index (χ0) is 18.8. The summed E-state index contributed by atoms with van der Waals surface area (Å²) < 4.78 is 0. The van der Waals surface area contributed by atoms with Gasteiger partial charge >= 0.3 is 0 Å². The maximum absolute atomic E-state index is 5.60. The number of rotatable bonds is 19. The lowest BCUT2D eigenvalue weighted by Crippen LogP contribution is -2.35. The molecule has 0 aliphatic carbocycles. The molecule has 152 valence electrons. The first-order valence-electron chi connectivity index (χ1n) is 11.5. The summed E-state index contributed by atoms with van der Waals surface area (Å²) in [6, 6.07) is 0.700. The van der Waals surface area contributed by atoms with Crippen LogP contribution in [0.4, 0.5) is 0 Å². The molecule has 0 saturated carbocycles. The van der Waals surface area contributed by atoms with Crippen LogP contribution in [0.5, 0.6) is 0 Å². The quantitative estimate of drug-likeness (QED) is 0.259. The summed E-state index contributed by atoms with van der Waals surface area (Å²) in [4.78, 5) is 2.57. The molecular weight excluding hydrogens is 304 g/mol. The van der Waals surface area contributed by atoms with E-state index in [2.05, 4.69) is 32.7 Å². The van der Waals surface area contributed by atoms with E-state index in [1.54, 1.807) is 0 Å². The van der Waals surface area contributed by atoms with Crippen molar-refractivity contribution in [1.29, 1.82) is 0 Å². The Morgan fingerprint density at radius 2 is 1.16 bits per heavy atom. The first kappa shape index (κ1) is 24.9. The van der Waals surface area contributed by atoms with Crippen LogP contribution in [-0.4, -0.2) is 31.1 Å². The topological polar surface area (TPSA) is 29.3 Å². The van der Waals surface area contributed by atoms with Gasteiger partial charge in [0.2, 0.25) is 0 Å². The molecule has 0 radical (unpaired) electrons. The molecule has 0 amide bonds. The van der Waals surface area contributed by atoms with E-state index in [1.165, 1.54) is 103 Å². The highest BCUT2D eigenvalue weighted by Crippen LogP contribution is 2.17. The van der Waals surface area contributed by atoms with Gasteiger partial charge in [0.15, 0.2) is 0 Å². The normalized spacial score (nSPS) is 14.2. The minimum absolute atomic E-state index is 0.700. The van der Waals surface area contributed by atoms with Gasteiger partial charge in [-0.05, 0) is 52.2 Å². The molecule has 2 atom stereocenters. The van der Waals surface area contributed by atoms with Crippen molar-refractivity contribution < 1.29 is 0 Å². The number of nitrogens with zero attached hydrogens (tertiary/aromatic N) is 1. The van der Waals surface area contributed by atoms with Crippen molar-refractivity contribution in [1.82, 2.24) is 4.90 Å². The smallest absolute Gasteiger partial charge is 0.00895 e. The Kier molecular flexibility index (Phi) is 18.6. The van der Waals surface area contributed by atoms with Gasteiger partial charge in [0, 0.05) is 6.04 Å². The van der Waals surface area contributed by atoms with Crippen LogP contribution in [0.2, 0.25) is 0 Å². The highest BCUT2D eigenvalue weighted by atomic mass is 15.1.